The van der Waals surface area contributed by atoms with Crippen molar-refractivity contribution >= 4 is 11.6 Å². The molecule has 0 atom stereocenters. The summed E-state index contributed by atoms with van der Waals surface area (Å²) in [6.45, 7) is 3.42. The quantitative estimate of drug-likeness (QED) is 0.860. The number of rotatable bonds is 3. The van der Waals surface area contributed by atoms with Crippen molar-refractivity contribution in [2.75, 3.05) is 4.90 Å². The van der Waals surface area contributed by atoms with Crippen LogP contribution in [0.2, 0.25) is 0 Å². The number of halogens is 3. The molecule has 0 aliphatic heterocycles. The van der Waals surface area contributed by atoms with Crippen LogP contribution in [0.15, 0.2) is 47.4 Å². The van der Waals surface area contributed by atoms with E-state index in [-0.39, 0.29) is 22.9 Å². The zero-order valence-corrected chi connectivity index (χ0v) is 13.5. The number of carbonyl (C=O) groups is 1. The van der Waals surface area contributed by atoms with E-state index >= 15 is 0 Å². The van der Waals surface area contributed by atoms with Crippen molar-refractivity contribution in [3.05, 3.63) is 64.1 Å². The molecule has 24 heavy (non-hydrogen) atoms. The van der Waals surface area contributed by atoms with E-state index in [9.17, 15) is 22.8 Å². The van der Waals surface area contributed by atoms with E-state index in [1.165, 1.54) is 47.0 Å². The second-order valence-electron chi connectivity index (χ2n) is 5.68. The number of benzene rings is 1. The SMILES string of the molecule is CC(C)N(C(=O)c1ccc(=O)n(C)c1)c1cccc(C(F)(F)F)c1. The second-order valence-corrected chi connectivity index (χ2v) is 5.68. The van der Waals surface area contributed by atoms with Crippen LogP contribution in [-0.2, 0) is 13.2 Å². The molecule has 0 aliphatic carbocycles. The maximum Gasteiger partial charge on any atom is 0.416 e. The number of carbonyl (C=O) groups excluding carboxylic acids is 1. The molecule has 1 aromatic carbocycles. The van der Waals surface area contributed by atoms with Crippen molar-refractivity contribution < 1.29 is 18.0 Å². The van der Waals surface area contributed by atoms with Gasteiger partial charge < -0.3 is 9.47 Å². The van der Waals surface area contributed by atoms with E-state index in [0.29, 0.717) is 0 Å². The van der Waals surface area contributed by atoms with Crippen molar-refractivity contribution in [3.8, 4) is 0 Å². The van der Waals surface area contributed by atoms with Crippen LogP contribution in [0.25, 0.3) is 0 Å². The normalized spacial score (nSPS) is 11.6. The number of anilines is 1. The molecule has 0 bridgehead atoms. The Bertz CT molecular complexity index is 810. The third-order valence-corrected chi connectivity index (χ3v) is 3.52. The maximum atomic E-state index is 12.9. The first-order chi connectivity index (χ1) is 11.1. The van der Waals surface area contributed by atoms with Crippen molar-refractivity contribution in [1.82, 2.24) is 4.57 Å². The van der Waals surface area contributed by atoms with Crippen LogP contribution in [0.3, 0.4) is 0 Å². The van der Waals surface area contributed by atoms with Crippen LogP contribution in [-0.4, -0.2) is 16.5 Å². The van der Waals surface area contributed by atoms with Gasteiger partial charge in [-0.25, -0.2) is 0 Å². The fourth-order valence-electron chi connectivity index (χ4n) is 2.34. The van der Waals surface area contributed by atoms with Gasteiger partial charge in [-0.15, -0.1) is 0 Å². The van der Waals surface area contributed by atoms with Crippen molar-refractivity contribution in [1.29, 1.82) is 0 Å². The van der Waals surface area contributed by atoms with Gasteiger partial charge >= 0.3 is 6.18 Å². The highest BCUT2D eigenvalue weighted by Gasteiger charge is 2.31. The Kier molecular flexibility index (Phi) is 4.82. The molecule has 0 saturated carbocycles. The summed E-state index contributed by atoms with van der Waals surface area (Å²) in [7, 11) is 1.50. The summed E-state index contributed by atoms with van der Waals surface area (Å²) in [5.74, 6) is -0.472. The molecule has 0 saturated heterocycles. The minimum absolute atomic E-state index is 0.152. The van der Waals surface area contributed by atoms with E-state index in [1.807, 2.05) is 0 Å². The number of hydrogen-bond acceptors (Lipinski definition) is 2. The average molecular weight is 338 g/mol. The van der Waals surface area contributed by atoms with Crippen LogP contribution >= 0.6 is 0 Å². The predicted molar refractivity (Wildman–Crippen MR) is 85.1 cm³/mol. The zero-order valence-electron chi connectivity index (χ0n) is 13.5. The summed E-state index contributed by atoms with van der Waals surface area (Å²) in [6.07, 6.45) is -3.12. The highest BCUT2D eigenvalue weighted by molar-refractivity contribution is 6.06. The maximum absolute atomic E-state index is 12.9. The van der Waals surface area contributed by atoms with Gasteiger partial charge in [-0.3, -0.25) is 9.59 Å². The van der Waals surface area contributed by atoms with Gasteiger partial charge in [0, 0.05) is 31.0 Å². The Morgan fingerprint density at radius 1 is 1.17 bits per heavy atom. The Labute approximate surface area is 137 Å². The lowest BCUT2D eigenvalue weighted by Gasteiger charge is -2.27. The predicted octanol–water partition coefficient (Wildman–Crippen LogP) is 3.46. The van der Waals surface area contributed by atoms with E-state index in [2.05, 4.69) is 0 Å². The number of aryl methyl sites for hydroxylation is 1. The Morgan fingerprint density at radius 3 is 2.38 bits per heavy atom. The standard InChI is InChI=1S/C17H17F3N2O2/c1-11(2)22(14-6-4-5-13(9-14)17(18,19)20)16(24)12-7-8-15(23)21(3)10-12/h4-11H,1-3H3. The van der Waals surface area contributed by atoms with Gasteiger partial charge in [0.25, 0.3) is 5.91 Å². The Balaban J connectivity index is 2.48. The first-order valence-corrected chi connectivity index (χ1v) is 7.29. The first-order valence-electron chi connectivity index (χ1n) is 7.29. The Hall–Kier alpha value is -2.57. The van der Waals surface area contributed by atoms with Gasteiger partial charge in [-0.1, -0.05) is 6.07 Å². The molecule has 128 valence electrons. The minimum Gasteiger partial charge on any atom is -0.318 e. The van der Waals surface area contributed by atoms with Crippen LogP contribution in [0, 0.1) is 0 Å². The fraction of sp³-hybridized carbons (Fsp3) is 0.294. The molecule has 0 aliphatic rings. The van der Waals surface area contributed by atoms with E-state index < -0.39 is 17.6 Å². The van der Waals surface area contributed by atoms with Crippen LogP contribution in [0.1, 0.15) is 29.8 Å². The monoisotopic (exact) mass is 338 g/mol. The molecule has 0 N–H and O–H groups in total. The highest BCUT2D eigenvalue weighted by Crippen LogP contribution is 2.32. The van der Waals surface area contributed by atoms with E-state index in [0.717, 1.165) is 12.1 Å². The van der Waals surface area contributed by atoms with Gasteiger partial charge in [0.2, 0.25) is 5.56 Å². The van der Waals surface area contributed by atoms with Gasteiger partial charge in [0.15, 0.2) is 0 Å². The largest absolute Gasteiger partial charge is 0.416 e. The molecule has 0 fully saturated rings. The number of nitrogens with zero attached hydrogens (tertiary/aromatic N) is 2. The lowest BCUT2D eigenvalue weighted by atomic mass is 10.1. The van der Waals surface area contributed by atoms with Gasteiger partial charge in [0.05, 0.1) is 11.1 Å². The number of hydrogen-bond donors (Lipinski definition) is 0. The highest BCUT2D eigenvalue weighted by atomic mass is 19.4. The Morgan fingerprint density at radius 2 is 1.83 bits per heavy atom. The van der Waals surface area contributed by atoms with Crippen molar-refractivity contribution in [2.45, 2.75) is 26.1 Å². The molecule has 4 nitrogen and oxygen atoms in total. The molecule has 0 radical (unpaired) electrons. The zero-order chi connectivity index (χ0) is 18.1. The lowest BCUT2D eigenvalue weighted by molar-refractivity contribution is -0.137. The molecule has 1 amide bonds. The summed E-state index contributed by atoms with van der Waals surface area (Å²) in [6, 6.07) is 6.87. The average Bonchev–Trinajstić information content (AvgIpc) is 2.49. The second kappa shape index (κ2) is 6.51. The van der Waals surface area contributed by atoms with Crippen molar-refractivity contribution in [3.63, 3.8) is 0 Å². The lowest BCUT2D eigenvalue weighted by Crippen LogP contribution is -2.37. The smallest absolute Gasteiger partial charge is 0.318 e. The third-order valence-electron chi connectivity index (χ3n) is 3.52. The molecule has 2 rings (SSSR count). The number of pyridine rings is 1. The molecule has 2 aromatic rings. The molecular formula is C17H17F3N2O2. The summed E-state index contributed by atoms with van der Waals surface area (Å²) in [5, 5.41) is 0. The molecular weight excluding hydrogens is 321 g/mol. The van der Waals surface area contributed by atoms with Gasteiger partial charge in [-0.2, -0.15) is 13.2 Å². The molecule has 0 spiro atoms. The molecule has 7 heteroatoms. The van der Waals surface area contributed by atoms with Crippen LogP contribution < -0.4 is 10.5 Å². The van der Waals surface area contributed by atoms with Gasteiger partial charge in [0.1, 0.15) is 0 Å². The fourth-order valence-corrected chi connectivity index (χ4v) is 2.34. The number of amides is 1. The summed E-state index contributed by atoms with van der Waals surface area (Å²) < 4.78 is 40.0. The summed E-state index contributed by atoms with van der Waals surface area (Å²) >= 11 is 0. The molecule has 1 aromatic heterocycles. The third kappa shape index (κ3) is 3.67. The van der Waals surface area contributed by atoms with Crippen molar-refractivity contribution in [2.24, 2.45) is 7.05 Å². The first kappa shape index (κ1) is 17.8. The topological polar surface area (TPSA) is 42.3 Å². The van der Waals surface area contributed by atoms with E-state index in [1.54, 1.807) is 13.8 Å². The van der Waals surface area contributed by atoms with Crippen LogP contribution in [0.5, 0.6) is 0 Å². The number of alkyl halides is 3. The summed E-state index contributed by atoms with van der Waals surface area (Å²) in [5.41, 5.74) is -0.720. The van der Waals surface area contributed by atoms with Crippen LogP contribution in [0.4, 0.5) is 18.9 Å². The molecule has 1 heterocycles. The number of aromatic nitrogens is 1. The van der Waals surface area contributed by atoms with E-state index in [4.69, 9.17) is 0 Å². The minimum atomic E-state index is -4.49. The van der Waals surface area contributed by atoms with Gasteiger partial charge in [-0.05, 0) is 38.1 Å². The molecule has 0 unspecified atom stereocenters. The summed E-state index contributed by atoms with van der Waals surface area (Å²) in [4.78, 5) is 25.4.